The van der Waals surface area contributed by atoms with E-state index in [0.29, 0.717) is 5.56 Å². The van der Waals surface area contributed by atoms with Crippen molar-refractivity contribution in [3.05, 3.63) is 70.8 Å². The Morgan fingerprint density at radius 3 is 2.33 bits per heavy atom. The molecule has 0 heterocycles. The molecule has 0 aliphatic rings. The third-order valence-corrected chi connectivity index (χ3v) is 3.78. The van der Waals surface area contributed by atoms with Gasteiger partial charge in [0.05, 0.1) is 5.56 Å². The third kappa shape index (κ3) is 3.52. The molecule has 0 spiro atoms. The van der Waals surface area contributed by atoms with E-state index in [9.17, 15) is 4.79 Å². The third-order valence-electron chi connectivity index (χ3n) is 3.78. The van der Waals surface area contributed by atoms with Gasteiger partial charge in [0.15, 0.2) is 0 Å². The first-order chi connectivity index (χ1) is 10.2. The molecule has 0 aliphatic carbocycles. The zero-order valence-corrected chi connectivity index (χ0v) is 12.9. The minimum absolute atomic E-state index is 0.237. The van der Waals surface area contributed by atoms with Gasteiger partial charge in [-0.25, -0.2) is 4.79 Å². The molecule has 2 aromatic rings. The van der Waals surface area contributed by atoms with Crippen LogP contribution in [0.2, 0.25) is 0 Å². The fourth-order valence-electron chi connectivity index (χ4n) is 2.59. The number of hydrogen-bond acceptors (Lipinski definition) is 2. The van der Waals surface area contributed by atoms with Gasteiger partial charge in [-0.1, -0.05) is 56.3 Å². The monoisotopic (exact) mass is 282 g/mol. The molecule has 1 unspecified atom stereocenters. The van der Waals surface area contributed by atoms with Crippen molar-refractivity contribution in [3.63, 3.8) is 0 Å². The number of rotatable bonds is 5. The number of benzene rings is 2. The summed E-state index contributed by atoms with van der Waals surface area (Å²) in [5, 5.41) is 0. The molecular formula is C19H22O2. The van der Waals surface area contributed by atoms with E-state index in [4.69, 9.17) is 4.74 Å². The molecule has 21 heavy (non-hydrogen) atoms. The van der Waals surface area contributed by atoms with E-state index in [0.717, 1.165) is 24.0 Å². The van der Waals surface area contributed by atoms with Crippen LogP contribution in [0.25, 0.3) is 0 Å². The second kappa shape index (κ2) is 7.07. The van der Waals surface area contributed by atoms with Gasteiger partial charge in [0.1, 0.15) is 6.10 Å². The fourth-order valence-corrected chi connectivity index (χ4v) is 2.59. The van der Waals surface area contributed by atoms with Crippen LogP contribution in [0.5, 0.6) is 0 Å². The van der Waals surface area contributed by atoms with Crippen LogP contribution in [0, 0.1) is 0 Å². The highest BCUT2D eigenvalue weighted by atomic mass is 16.5. The van der Waals surface area contributed by atoms with E-state index < -0.39 is 0 Å². The van der Waals surface area contributed by atoms with Crippen LogP contribution >= 0.6 is 0 Å². The number of carbonyl (C=O) groups is 1. The summed E-state index contributed by atoms with van der Waals surface area (Å²) in [6.45, 7) is 6.09. The molecule has 0 fully saturated rings. The predicted octanol–water partition coefficient (Wildman–Crippen LogP) is 4.73. The van der Waals surface area contributed by atoms with Crippen LogP contribution in [0.4, 0.5) is 0 Å². The minimum atomic E-state index is -0.242. The van der Waals surface area contributed by atoms with Gasteiger partial charge in [0, 0.05) is 0 Å². The molecule has 1 atom stereocenters. The zero-order chi connectivity index (χ0) is 15.2. The Morgan fingerprint density at radius 2 is 1.71 bits per heavy atom. The van der Waals surface area contributed by atoms with Gasteiger partial charge in [-0.05, 0) is 42.5 Å². The highest BCUT2D eigenvalue weighted by Gasteiger charge is 2.17. The maximum atomic E-state index is 12.5. The van der Waals surface area contributed by atoms with Crippen molar-refractivity contribution >= 4 is 5.97 Å². The van der Waals surface area contributed by atoms with Crippen LogP contribution in [0.1, 0.15) is 53.9 Å². The van der Waals surface area contributed by atoms with Gasteiger partial charge in [-0.15, -0.1) is 0 Å². The topological polar surface area (TPSA) is 26.3 Å². The number of carbonyl (C=O) groups excluding carboxylic acids is 1. The van der Waals surface area contributed by atoms with Crippen LogP contribution < -0.4 is 0 Å². The molecule has 0 N–H and O–H groups in total. The van der Waals surface area contributed by atoms with E-state index in [1.165, 1.54) is 5.56 Å². The molecule has 0 aliphatic heterocycles. The lowest BCUT2D eigenvalue weighted by Gasteiger charge is -2.16. The summed E-state index contributed by atoms with van der Waals surface area (Å²) in [5.74, 6) is -0.237. The van der Waals surface area contributed by atoms with Crippen LogP contribution in [0.15, 0.2) is 48.5 Å². The Hall–Kier alpha value is -2.09. The highest BCUT2D eigenvalue weighted by molar-refractivity contribution is 5.91. The molecule has 0 bridgehead atoms. The number of esters is 1. The summed E-state index contributed by atoms with van der Waals surface area (Å²) < 4.78 is 5.63. The van der Waals surface area contributed by atoms with Crippen LogP contribution in [-0.2, 0) is 17.6 Å². The predicted molar refractivity (Wildman–Crippen MR) is 85.5 cm³/mol. The van der Waals surface area contributed by atoms with Gasteiger partial charge < -0.3 is 4.74 Å². The molecule has 2 heteroatoms. The Bertz CT molecular complexity index is 602. The van der Waals surface area contributed by atoms with Gasteiger partial charge in [-0.2, -0.15) is 0 Å². The second-order valence-corrected chi connectivity index (χ2v) is 5.11. The van der Waals surface area contributed by atoms with E-state index in [2.05, 4.69) is 19.9 Å². The van der Waals surface area contributed by atoms with Gasteiger partial charge in [-0.3, -0.25) is 0 Å². The summed E-state index contributed by atoms with van der Waals surface area (Å²) in [7, 11) is 0. The average molecular weight is 282 g/mol. The van der Waals surface area contributed by atoms with Crippen LogP contribution in [0.3, 0.4) is 0 Å². The van der Waals surface area contributed by atoms with Gasteiger partial charge in [0.25, 0.3) is 0 Å². The minimum Gasteiger partial charge on any atom is -0.454 e. The normalized spacial score (nSPS) is 12.0. The van der Waals surface area contributed by atoms with Crippen molar-refractivity contribution in [3.8, 4) is 0 Å². The zero-order valence-electron chi connectivity index (χ0n) is 12.9. The summed E-state index contributed by atoms with van der Waals surface area (Å²) in [4.78, 5) is 12.5. The molecule has 2 rings (SSSR count). The SMILES string of the molecule is CCc1cccc(C(=O)OC(C)c2ccccc2)c1CC. The molecule has 0 saturated carbocycles. The van der Waals surface area contributed by atoms with E-state index in [-0.39, 0.29) is 12.1 Å². The number of ether oxygens (including phenoxy) is 1. The van der Waals surface area contributed by atoms with Gasteiger partial charge >= 0.3 is 5.97 Å². The average Bonchev–Trinajstić information content (AvgIpc) is 2.54. The highest BCUT2D eigenvalue weighted by Crippen LogP contribution is 2.22. The van der Waals surface area contributed by atoms with Crippen molar-refractivity contribution in [1.82, 2.24) is 0 Å². The van der Waals surface area contributed by atoms with E-state index in [1.807, 2.05) is 49.4 Å². The van der Waals surface area contributed by atoms with Crippen molar-refractivity contribution in [2.75, 3.05) is 0 Å². The standard InChI is InChI=1S/C19H22O2/c1-4-15-12-9-13-18(17(15)5-2)19(20)21-14(3)16-10-7-6-8-11-16/h6-14H,4-5H2,1-3H3. The largest absolute Gasteiger partial charge is 0.454 e. The molecule has 0 aromatic heterocycles. The first-order valence-corrected chi connectivity index (χ1v) is 7.54. The molecule has 2 nitrogen and oxygen atoms in total. The van der Waals surface area contributed by atoms with Crippen molar-refractivity contribution in [1.29, 1.82) is 0 Å². The molecule has 0 amide bonds. The summed E-state index contributed by atoms with van der Waals surface area (Å²) in [5.41, 5.74) is 4.03. The maximum Gasteiger partial charge on any atom is 0.339 e. The van der Waals surface area contributed by atoms with Crippen molar-refractivity contribution in [2.24, 2.45) is 0 Å². The van der Waals surface area contributed by atoms with Crippen LogP contribution in [-0.4, -0.2) is 5.97 Å². The first-order valence-electron chi connectivity index (χ1n) is 7.54. The lowest BCUT2D eigenvalue weighted by molar-refractivity contribution is 0.0336. The van der Waals surface area contributed by atoms with E-state index >= 15 is 0 Å². The molecular weight excluding hydrogens is 260 g/mol. The Balaban J connectivity index is 2.21. The molecule has 0 saturated heterocycles. The van der Waals surface area contributed by atoms with Gasteiger partial charge in [0.2, 0.25) is 0 Å². The number of aryl methyl sites for hydroxylation is 1. The molecule has 2 aromatic carbocycles. The van der Waals surface area contributed by atoms with Crippen molar-refractivity contribution < 1.29 is 9.53 Å². The summed E-state index contributed by atoms with van der Waals surface area (Å²) >= 11 is 0. The Labute approximate surface area is 126 Å². The smallest absolute Gasteiger partial charge is 0.339 e. The Morgan fingerprint density at radius 1 is 1.00 bits per heavy atom. The molecule has 0 radical (unpaired) electrons. The van der Waals surface area contributed by atoms with E-state index in [1.54, 1.807) is 0 Å². The Kier molecular flexibility index (Phi) is 5.15. The lowest BCUT2D eigenvalue weighted by Crippen LogP contribution is -2.12. The van der Waals surface area contributed by atoms with Crippen molar-refractivity contribution in [2.45, 2.75) is 39.7 Å². The second-order valence-electron chi connectivity index (χ2n) is 5.11. The summed E-state index contributed by atoms with van der Waals surface area (Å²) in [6, 6.07) is 15.7. The first kappa shape index (κ1) is 15.3. The number of hydrogen-bond donors (Lipinski definition) is 0. The summed E-state index contributed by atoms with van der Waals surface area (Å²) in [6.07, 6.45) is 1.53. The lowest BCUT2D eigenvalue weighted by atomic mass is 9.97. The molecule has 110 valence electrons. The maximum absolute atomic E-state index is 12.5. The fraction of sp³-hybridized carbons (Fsp3) is 0.316. The quantitative estimate of drug-likeness (QED) is 0.741.